The second-order valence-corrected chi connectivity index (χ2v) is 6.52. The van der Waals surface area contributed by atoms with Crippen molar-refractivity contribution >= 4 is 11.8 Å². The number of nitrogens with zero attached hydrogens (tertiary/aromatic N) is 3. The Bertz CT molecular complexity index is 794. The second-order valence-electron chi connectivity index (χ2n) is 6.52. The number of carbonyl (C=O) groups is 1. The zero-order valence-corrected chi connectivity index (χ0v) is 14.1. The molecule has 0 aliphatic heterocycles. The fourth-order valence-corrected chi connectivity index (χ4v) is 3.08. The SMILES string of the molecule is Cc1cc(C)n(-c2cc(C(=O)O)cc(NC3CCC(F)(F)CC3)n2)n1. The predicted molar refractivity (Wildman–Crippen MR) is 88.6 cm³/mol. The maximum atomic E-state index is 13.3. The molecule has 1 saturated carbocycles. The van der Waals surface area contributed by atoms with Crippen LogP contribution in [0, 0.1) is 13.8 Å². The zero-order valence-electron chi connectivity index (χ0n) is 14.1. The second kappa shape index (κ2) is 6.42. The lowest BCUT2D eigenvalue weighted by molar-refractivity contribution is -0.0361. The Morgan fingerprint density at radius 2 is 1.96 bits per heavy atom. The number of halogens is 2. The normalized spacial score (nSPS) is 17.4. The van der Waals surface area contributed by atoms with Gasteiger partial charge in [-0.1, -0.05) is 0 Å². The minimum atomic E-state index is -2.61. The average Bonchev–Trinajstić information content (AvgIpc) is 2.88. The highest BCUT2D eigenvalue weighted by Crippen LogP contribution is 2.34. The third kappa shape index (κ3) is 3.94. The Balaban J connectivity index is 1.89. The van der Waals surface area contributed by atoms with Crippen molar-refractivity contribution in [2.45, 2.75) is 51.5 Å². The molecule has 2 N–H and O–H groups in total. The van der Waals surface area contributed by atoms with E-state index in [0.29, 0.717) is 24.5 Å². The molecular weight excluding hydrogens is 330 g/mol. The standard InChI is InChI=1S/C17H20F2N4O2/c1-10-7-11(2)23(22-10)15-9-12(16(24)25)8-14(21-15)20-13-3-5-17(18,19)6-4-13/h7-9,13H,3-6H2,1-2H3,(H,20,21)(H,24,25). The van der Waals surface area contributed by atoms with Crippen LogP contribution in [-0.4, -0.2) is 37.8 Å². The van der Waals surface area contributed by atoms with E-state index in [1.807, 2.05) is 19.9 Å². The van der Waals surface area contributed by atoms with Gasteiger partial charge < -0.3 is 10.4 Å². The van der Waals surface area contributed by atoms with E-state index in [4.69, 9.17) is 0 Å². The van der Waals surface area contributed by atoms with Gasteiger partial charge in [0.15, 0.2) is 5.82 Å². The third-order valence-corrected chi connectivity index (χ3v) is 4.35. The first-order valence-corrected chi connectivity index (χ1v) is 8.17. The van der Waals surface area contributed by atoms with Crippen LogP contribution in [0.3, 0.4) is 0 Å². The first-order valence-electron chi connectivity index (χ1n) is 8.17. The molecule has 2 aromatic heterocycles. The van der Waals surface area contributed by atoms with Crippen molar-refractivity contribution in [1.29, 1.82) is 0 Å². The van der Waals surface area contributed by atoms with Gasteiger partial charge in [0.1, 0.15) is 5.82 Å². The smallest absolute Gasteiger partial charge is 0.335 e. The Labute approximate surface area is 143 Å². The summed E-state index contributed by atoms with van der Waals surface area (Å²) in [5, 5.41) is 16.8. The van der Waals surface area contributed by atoms with Crippen molar-refractivity contribution in [3.05, 3.63) is 35.2 Å². The summed E-state index contributed by atoms with van der Waals surface area (Å²) in [5.41, 5.74) is 1.70. The molecule has 1 aliphatic carbocycles. The summed E-state index contributed by atoms with van der Waals surface area (Å²) in [6, 6.07) is 4.59. The Morgan fingerprint density at radius 1 is 1.28 bits per heavy atom. The number of nitrogens with one attached hydrogen (secondary N) is 1. The Morgan fingerprint density at radius 3 is 2.52 bits per heavy atom. The van der Waals surface area contributed by atoms with Crippen LogP contribution in [-0.2, 0) is 0 Å². The summed E-state index contributed by atoms with van der Waals surface area (Å²) < 4.78 is 28.1. The first kappa shape index (κ1) is 17.3. The van der Waals surface area contributed by atoms with Crippen molar-refractivity contribution in [2.75, 3.05) is 5.32 Å². The van der Waals surface area contributed by atoms with Crippen molar-refractivity contribution in [3.8, 4) is 5.82 Å². The summed E-state index contributed by atoms with van der Waals surface area (Å²) in [6.45, 7) is 3.69. The molecule has 2 heterocycles. The van der Waals surface area contributed by atoms with Crippen LogP contribution in [0.5, 0.6) is 0 Å². The number of pyridine rings is 1. The molecule has 0 amide bonds. The molecule has 25 heavy (non-hydrogen) atoms. The molecule has 0 spiro atoms. The third-order valence-electron chi connectivity index (χ3n) is 4.35. The van der Waals surface area contributed by atoms with Gasteiger partial charge in [0.05, 0.1) is 11.3 Å². The number of carboxylic acids is 1. The lowest BCUT2D eigenvalue weighted by Gasteiger charge is -2.29. The largest absolute Gasteiger partial charge is 0.478 e. The average molecular weight is 350 g/mol. The number of carboxylic acid groups (broad SMARTS) is 1. The van der Waals surface area contributed by atoms with E-state index in [-0.39, 0.29) is 24.4 Å². The summed E-state index contributed by atoms with van der Waals surface area (Å²) in [6.07, 6.45) is 0.295. The molecule has 0 bridgehead atoms. The number of rotatable bonds is 4. The highest BCUT2D eigenvalue weighted by Gasteiger charge is 2.35. The van der Waals surface area contributed by atoms with E-state index < -0.39 is 11.9 Å². The fourth-order valence-electron chi connectivity index (χ4n) is 3.08. The number of hydrogen-bond acceptors (Lipinski definition) is 4. The Hall–Kier alpha value is -2.51. The molecule has 3 rings (SSSR count). The van der Waals surface area contributed by atoms with Crippen LogP contribution >= 0.6 is 0 Å². The van der Waals surface area contributed by atoms with Gasteiger partial charge in [0.25, 0.3) is 0 Å². The van der Waals surface area contributed by atoms with E-state index in [9.17, 15) is 18.7 Å². The van der Waals surface area contributed by atoms with Crippen molar-refractivity contribution in [1.82, 2.24) is 14.8 Å². The lowest BCUT2D eigenvalue weighted by Crippen LogP contribution is -2.32. The molecule has 1 aliphatic rings. The molecule has 0 saturated heterocycles. The summed E-state index contributed by atoms with van der Waals surface area (Å²) >= 11 is 0. The number of hydrogen-bond donors (Lipinski definition) is 2. The van der Waals surface area contributed by atoms with Gasteiger partial charge in [-0.25, -0.2) is 23.2 Å². The minimum Gasteiger partial charge on any atom is -0.478 e. The van der Waals surface area contributed by atoms with Crippen LogP contribution in [0.2, 0.25) is 0 Å². The molecular formula is C17H20F2N4O2. The molecule has 6 nitrogen and oxygen atoms in total. The summed E-state index contributed by atoms with van der Waals surface area (Å²) in [5.74, 6) is -2.95. The van der Waals surface area contributed by atoms with Gasteiger partial charge in [-0.05, 0) is 44.9 Å². The fraction of sp³-hybridized carbons (Fsp3) is 0.471. The minimum absolute atomic E-state index is 0.0705. The molecule has 2 aromatic rings. The molecule has 0 aromatic carbocycles. The zero-order chi connectivity index (χ0) is 18.2. The number of alkyl halides is 2. The van der Waals surface area contributed by atoms with Crippen LogP contribution in [0.1, 0.15) is 47.4 Å². The molecule has 0 atom stereocenters. The maximum absolute atomic E-state index is 13.3. The van der Waals surface area contributed by atoms with Gasteiger partial charge in [-0.2, -0.15) is 5.10 Å². The van der Waals surface area contributed by atoms with Crippen molar-refractivity contribution in [2.24, 2.45) is 0 Å². The molecule has 8 heteroatoms. The molecule has 0 radical (unpaired) electrons. The van der Waals surface area contributed by atoms with Crippen molar-refractivity contribution in [3.63, 3.8) is 0 Å². The van der Waals surface area contributed by atoms with E-state index >= 15 is 0 Å². The van der Waals surface area contributed by atoms with E-state index in [2.05, 4.69) is 15.4 Å². The van der Waals surface area contributed by atoms with Crippen LogP contribution in [0.15, 0.2) is 18.2 Å². The van der Waals surface area contributed by atoms with Crippen LogP contribution in [0.25, 0.3) is 5.82 Å². The maximum Gasteiger partial charge on any atom is 0.335 e. The van der Waals surface area contributed by atoms with Gasteiger partial charge in [-0.15, -0.1) is 0 Å². The predicted octanol–water partition coefficient (Wildman–Crippen LogP) is 3.57. The van der Waals surface area contributed by atoms with Gasteiger partial charge in [0.2, 0.25) is 5.92 Å². The van der Waals surface area contributed by atoms with Crippen LogP contribution < -0.4 is 5.32 Å². The number of anilines is 1. The molecule has 1 fully saturated rings. The van der Waals surface area contributed by atoms with Gasteiger partial charge >= 0.3 is 5.97 Å². The monoisotopic (exact) mass is 350 g/mol. The van der Waals surface area contributed by atoms with Gasteiger partial charge in [-0.3, -0.25) is 0 Å². The highest BCUT2D eigenvalue weighted by atomic mass is 19.3. The summed E-state index contributed by atoms with van der Waals surface area (Å²) in [4.78, 5) is 15.8. The quantitative estimate of drug-likeness (QED) is 0.881. The highest BCUT2D eigenvalue weighted by molar-refractivity contribution is 5.89. The number of aromatic nitrogens is 3. The Kier molecular flexibility index (Phi) is 4.45. The number of aromatic carboxylic acids is 1. The first-order chi connectivity index (χ1) is 11.7. The summed E-state index contributed by atoms with van der Waals surface area (Å²) in [7, 11) is 0. The van der Waals surface area contributed by atoms with Crippen LogP contribution in [0.4, 0.5) is 14.6 Å². The topological polar surface area (TPSA) is 80.0 Å². The number of aryl methyl sites for hydroxylation is 2. The molecule has 0 unspecified atom stereocenters. The van der Waals surface area contributed by atoms with E-state index in [0.717, 1.165) is 11.4 Å². The lowest BCUT2D eigenvalue weighted by atomic mass is 9.92. The molecule has 134 valence electrons. The van der Waals surface area contributed by atoms with E-state index in [1.54, 1.807) is 4.68 Å². The van der Waals surface area contributed by atoms with E-state index in [1.165, 1.54) is 12.1 Å². The van der Waals surface area contributed by atoms with Gasteiger partial charge in [0, 0.05) is 24.6 Å². The van der Waals surface area contributed by atoms with Crippen molar-refractivity contribution < 1.29 is 18.7 Å².